The van der Waals surface area contributed by atoms with Crippen molar-refractivity contribution in [1.82, 2.24) is 20.6 Å². The van der Waals surface area contributed by atoms with Crippen molar-refractivity contribution in [2.24, 2.45) is 0 Å². The Morgan fingerprint density at radius 1 is 1.42 bits per heavy atom. The Balaban J connectivity index is 1.76. The number of aromatic nitrogens is 2. The van der Waals surface area contributed by atoms with E-state index in [1.54, 1.807) is 0 Å². The summed E-state index contributed by atoms with van der Waals surface area (Å²) in [5, 5.41) is 6.90. The average molecular weight is 257 g/mol. The minimum Gasteiger partial charge on any atom is -0.383 e. The summed E-state index contributed by atoms with van der Waals surface area (Å²) in [4.78, 5) is 19.6. The highest BCUT2D eigenvalue weighted by Crippen LogP contribution is 2.17. The zero-order chi connectivity index (χ0) is 13.2. The van der Waals surface area contributed by atoms with Gasteiger partial charge in [0, 0.05) is 18.5 Å². The van der Waals surface area contributed by atoms with E-state index in [-0.39, 0.29) is 11.9 Å². The fourth-order valence-electron chi connectivity index (χ4n) is 2.26. The number of fused-ring (bicyclic) bond motifs is 1. The number of amides is 1. The Morgan fingerprint density at radius 3 is 3.11 bits per heavy atom. The quantitative estimate of drug-likeness (QED) is 0.730. The average Bonchev–Trinajstić information content (AvgIpc) is 2.82. The van der Waals surface area contributed by atoms with Crippen LogP contribution in [0.2, 0.25) is 0 Å². The first kappa shape index (κ1) is 11.9. The number of hydrogen-bond donors (Lipinski definition) is 3. The lowest BCUT2D eigenvalue weighted by Gasteiger charge is -2.10. The highest BCUT2D eigenvalue weighted by atomic mass is 16.2. The van der Waals surface area contributed by atoms with Gasteiger partial charge in [-0.3, -0.25) is 4.79 Å². The van der Waals surface area contributed by atoms with E-state index in [4.69, 9.17) is 5.73 Å². The second-order valence-corrected chi connectivity index (χ2v) is 4.62. The van der Waals surface area contributed by atoms with Gasteiger partial charge in [-0.05, 0) is 24.1 Å². The highest BCUT2D eigenvalue weighted by Gasteiger charge is 2.22. The van der Waals surface area contributed by atoms with Crippen molar-refractivity contribution in [2.75, 3.05) is 12.3 Å². The normalized spacial score (nSPS) is 18.7. The monoisotopic (exact) mass is 257 g/mol. The van der Waals surface area contributed by atoms with Gasteiger partial charge in [-0.1, -0.05) is 6.07 Å². The SMILES string of the molecule is Nc1ncnc2cc(CN[C@@H]3CCNC3=O)ccc12. The van der Waals surface area contributed by atoms with E-state index in [1.807, 2.05) is 18.2 Å². The number of carbonyl (C=O) groups is 1. The van der Waals surface area contributed by atoms with Gasteiger partial charge in [-0.25, -0.2) is 9.97 Å². The minimum absolute atomic E-state index is 0.0763. The number of nitrogens with two attached hydrogens (primary N) is 1. The number of benzene rings is 1. The Kier molecular flexibility index (Phi) is 3.00. The molecule has 0 spiro atoms. The molecule has 1 atom stereocenters. The van der Waals surface area contributed by atoms with Crippen LogP contribution in [0.4, 0.5) is 5.82 Å². The molecule has 2 heterocycles. The standard InChI is InChI=1S/C13H15N5O/c14-12-9-2-1-8(5-11(9)17-7-18-12)6-16-10-3-4-15-13(10)19/h1-2,5,7,10,16H,3-4,6H2,(H,15,19)(H2,14,17,18)/t10-/m1/s1. The number of hydrogen-bond acceptors (Lipinski definition) is 5. The van der Waals surface area contributed by atoms with E-state index in [2.05, 4.69) is 20.6 Å². The second-order valence-electron chi connectivity index (χ2n) is 4.62. The van der Waals surface area contributed by atoms with E-state index >= 15 is 0 Å². The lowest BCUT2D eigenvalue weighted by atomic mass is 10.1. The number of nitrogens with zero attached hydrogens (tertiary/aromatic N) is 2. The largest absolute Gasteiger partial charge is 0.383 e. The van der Waals surface area contributed by atoms with Crippen molar-refractivity contribution in [3.8, 4) is 0 Å². The third-order valence-corrected chi connectivity index (χ3v) is 3.33. The lowest BCUT2D eigenvalue weighted by Crippen LogP contribution is -2.35. The molecule has 19 heavy (non-hydrogen) atoms. The molecule has 2 aromatic rings. The predicted molar refractivity (Wildman–Crippen MR) is 72.2 cm³/mol. The van der Waals surface area contributed by atoms with Gasteiger partial charge in [0.25, 0.3) is 0 Å². The highest BCUT2D eigenvalue weighted by molar-refractivity contribution is 5.88. The van der Waals surface area contributed by atoms with Crippen LogP contribution in [0.25, 0.3) is 10.9 Å². The number of nitrogen functional groups attached to an aromatic ring is 1. The van der Waals surface area contributed by atoms with Crippen LogP contribution in [-0.4, -0.2) is 28.5 Å². The van der Waals surface area contributed by atoms with E-state index in [1.165, 1.54) is 6.33 Å². The molecule has 4 N–H and O–H groups in total. The van der Waals surface area contributed by atoms with Crippen molar-refractivity contribution in [1.29, 1.82) is 0 Å². The first-order valence-electron chi connectivity index (χ1n) is 6.24. The molecule has 6 nitrogen and oxygen atoms in total. The molecular formula is C13H15N5O. The summed E-state index contributed by atoms with van der Waals surface area (Å²) in [6, 6.07) is 5.76. The first-order valence-corrected chi connectivity index (χ1v) is 6.24. The number of anilines is 1. The summed E-state index contributed by atoms with van der Waals surface area (Å²) >= 11 is 0. The topological polar surface area (TPSA) is 92.9 Å². The minimum atomic E-state index is -0.0915. The van der Waals surface area contributed by atoms with Crippen molar-refractivity contribution >= 4 is 22.6 Å². The van der Waals surface area contributed by atoms with Crippen LogP contribution in [0.5, 0.6) is 0 Å². The smallest absolute Gasteiger partial charge is 0.237 e. The zero-order valence-electron chi connectivity index (χ0n) is 10.4. The maximum Gasteiger partial charge on any atom is 0.237 e. The van der Waals surface area contributed by atoms with Crippen LogP contribution < -0.4 is 16.4 Å². The third kappa shape index (κ3) is 2.34. The molecule has 1 aliphatic rings. The van der Waals surface area contributed by atoms with Gasteiger partial charge in [-0.15, -0.1) is 0 Å². The lowest BCUT2D eigenvalue weighted by molar-refractivity contribution is -0.120. The van der Waals surface area contributed by atoms with E-state index in [0.717, 1.165) is 29.4 Å². The third-order valence-electron chi connectivity index (χ3n) is 3.33. The van der Waals surface area contributed by atoms with Crippen LogP contribution in [0.3, 0.4) is 0 Å². The van der Waals surface area contributed by atoms with Gasteiger partial charge < -0.3 is 16.4 Å². The van der Waals surface area contributed by atoms with Crippen molar-refractivity contribution in [3.05, 3.63) is 30.1 Å². The molecule has 1 amide bonds. The van der Waals surface area contributed by atoms with Gasteiger partial charge in [0.05, 0.1) is 11.6 Å². The van der Waals surface area contributed by atoms with Gasteiger partial charge in [-0.2, -0.15) is 0 Å². The second kappa shape index (κ2) is 4.81. The molecule has 0 aliphatic carbocycles. The molecule has 6 heteroatoms. The molecule has 0 unspecified atom stereocenters. The maximum atomic E-state index is 11.4. The Bertz CT molecular complexity index is 627. The Hall–Kier alpha value is -2.21. The molecule has 0 radical (unpaired) electrons. The van der Waals surface area contributed by atoms with Crippen molar-refractivity contribution in [2.45, 2.75) is 19.0 Å². The van der Waals surface area contributed by atoms with Crippen molar-refractivity contribution < 1.29 is 4.79 Å². The van der Waals surface area contributed by atoms with Crippen LogP contribution in [0.1, 0.15) is 12.0 Å². The van der Waals surface area contributed by atoms with E-state index in [0.29, 0.717) is 12.4 Å². The predicted octanol–water partition coefficient (Wildman–Crippen LogP) is 0.190. The molecule has 3 rings (SSSR count). The number of nitrogens with one attached hydrogen (secondary N) is 2. The summed E-state index contributed by atoms with van der Waals surface area (Å²) < 4.78 is 0. The fourth-order valence-corrected chi connectivity index (χ4v) is 2.26. The molecule has 1 fully saturated rings. The van der Waals surface area contributed by atoms with Gasteiger partial charge >= 0.3 is 0 Å². The van der Waals surface area contributed by atoms with Gasteiger partial charge in [0.1, 0.15) is 12.1 Å². The summed E-state index contributed by atoms with van der Waals surface area (Å²) in [5.74, 6) is 0.562. The Labute approximate surface area is 110 Å². The molecule has 1 saturated heterocycles. The maximum absolute atomic E-state index is 11.4. The molecule has 0 saturated carbocycles. The fraction of sp³-hybridized carbons (Fsp3) is 0.308. The summed E-state index contributed by atoms with van der Waals surface area (Å²) in [7, 11) is 0. The summed E-state index contributed by atoms with van der Waals surface area (Å²) in [6.45, 7) is 1.38. The molecule has 1 aliphatic heterocycles. The molecule has 0 bridgehead atoms. The van der Waals surface area contributed by atoms with Crippen LogP contribution in [0, 0.1) is 0 Å². The van der Waals surface area contributed by atoms with E-state index < -0.39 is 0 Å². The van der Waals surface area contributed by atoms with Crippen LogP contribution in [-0.2, 0) is 11.3 Å². The van der Waals surface area contributed by atoms with Gasteiger partial charge in [0.15, 0.2) is 0 Å². The Morgan fingerprint density at radius 2 is 2.32 bits per heavy atom. The molecule has 98 valence electrons. The van der Waals surface area contributed by atoms with Crippen molar-refractivity contribution in [3.63, 3.8) is 0 Å². The van der Waals surface area contributed by atoms with Crippen LogP contribution >= 0.6 is 0 Å². The number of rotatable bonds is 3. The van der Waals surface area contributed by atoms with Crippen LogP contribution in [0.15, 0.2) is 24.5 Å². The zero-order valence-corrected chi connectivity index (χ0v) is 10.4. The van der Waals surface area contributed by atoms with Gasteiger partial charge in [0.2, 0.25) is 5.91 Å². The summed E-state index contributed by atoms with van der Waals surface area (Å²) in [5.41, 5.74) is 7.67. The summed E-state index contributed by atoms with van der Waals surface area (Å²) in [6.07, 6.45) is 2.29. The first-order chi connectivity index (χ1) is 9.24. The molecule has 1 aromatic heterocycles. The molecular weight excluding hydrogens is 242 g/mol. The number of carbonyl (C=O) groups excluding carboxylic acids is 1. The molecule has 1 aromatic carbocycles. The van der Waals surface area contributed by atoms with E-state index in [9.17, 15) is 4.79 Å².